The first-order chi connectivity index (χ1) is 10.9. The third-order valence-corrected chi connectivity index (χ3v) is 2.39. The Balaban J connectivity index is 0.000000421. The lowest BCUT2D eigenvalue weighted by molar-refractivity contribution is 1.50. The zero-order valence-electron chi connectivity index (χ0n) is 13.9. The van der Waals surface area contributed by atoms with Crippen molar-refractivity contribution in [3.63, 3.8) is 0 Å². The van der Waals surface area contributed by atoms with Crippen molar-refractivity contribution in [2.45, 2.75) is 20.8 Å². The molecule has 0 radical (unpaired) electrons. The summed E-state index contributed by atoms with van der Waals surface area (Å²) >= 11 is 0. The topological polar surface area (TPSA) is 12.0 Å². The number of rotatable bonds is 4. The molecule has 0 amide bonds. The van der Waals surface area contributed by atoms with Crippen LogP contribution in [0.4, 0.5) is 11.4 Å². The Bertz CT molecular complexity index is 487. The Morgan fingerprint density at radius 3 is 1.55 bits per heavy atom. The van der Waals surface area contributed by atoms with Crippen molar-refractivity contribution < 1.29 is 0 Å². The van der Waals surface area contributed by atoms with E-state index in [-0.39, 0.29) is 0 Å². The first-order valence-electron chi connectivity index (χ1n) is 7.64. The normalized spacial score (nSPS) is 9.41. The summed E-state index contributed by atoms with van der Waals surface area (Å²) in [5, 5.41) is 3.30. The van der Waals surface area contributed by atoms with E-state index in [1.54, 1.807) is 6.08 Å². The van der Waals surface area contributed by atoms with Crippen LogP contribution in [-0.2, 0) is 0 Å². The molecule has 116 valence electrons. The van der Waals surface area contributed by atoms with Crippen molar-refractivity contribution >= 4 is 11.4 Å². The molecule has 1 heteroatoms. The summed E-state index contributed by atoms with van der Waals surface area (Å²) in [4.78, 5) is 0. The Morgan fingerprint density at radius 1 is 0.727 bits per heavy atom. The van der Waals surface area contributed by atoms with E-state index in [0.29, 0.717) is 0 Å². The molecule has 0 bridgehead atoms. The van der Waals surface area contributed by atoms with Crippen LogP contribution < -0.4 is 5.32 Å². The molecule has 0 aliphatic rings. The summed E-state index contributed by atoms with van der Waals surface area (Å²) in [5.74, 6) is 0. The highest BCUT2D eigenvalue weighted by Gasteiger charge is 1.89. The second-order valence-corrected chi connectivity index (χ2v) is 4.00. The molecule has 1 nitrogen and oxygen atoms in total. The molecule has 0 aliphatic carbocycles. The maximum atomic E-state index is 3.51. The molecule has 0 fully saturated rings. The molecule has 0 aromatic heterocycles. The number of hydrogen-bond acceptors (Lipinski definition) is 1. The Morgan fingerprint density at radius 2 is 1.18 bits per heavy atom. The third kappa shape index (κ3) is 10.3. The highest BCUT2D eigenvalue weighted by atomic mass is 14.9. The fourth-order valence-electron chi connectivity index (χ4n) is 1.46. The average molecular weight is 293 g/mol. The number of nitrogens with one attached hydrogen (secondary N) is 1. The molecule has 0 spiro atoms. The van der Waals surface area contributed by atoms with Crippen molar-refractivity contribution in [1.29, 1.82) is 0 Å². The van der Waals surface area contributed by atoms with E-state index in [4.69, 9.17) is 0 Å². The predicted octanol–water partition coefficient (Wildman–Crippen LogP) is 6.76. The van der Waals surface area contributed by atoms with Gasteiger partial charge in [0.2, 0.25) is 0 Å². The fraction of sp³-hybridized carbons (Fsp3) is 0.143. The smallest absolute Gasteiger partial charge is 0.0384 e. The maximum Gasteiger partial charge on any atom is 0.0384 e. The zero-order chi connectivity index (χ0) is 16.5. The van der Waals surface area contributed by atoms with Crippen LogP contribution in [0.2, 0.25) is 0 Å². The van der Waals surface area contributed by atoms with Gasteiger partial charge in [0.25, 0.3) is 0 Å². The molecule has 1 N–H and O–H groups in total. The molecule has 0 saturated heterocycles. The molecule has 2 rings (SSSR count). The van der Waals surface area contributed by atoms with E-state index in [9.17, 15) is 0 Å². The molecule has 0 unspecified atom stereocenters. The number of allylic oxidation sites excluding steroid dienone is 5. The molecule has 0 saturated carbocycles. The van der Waals surface area contributed by atoms with E-state index in [2.05, 4.69) is 11.9 Å². The van der Waals surface area contributed by atoms with Gasteiger partial charge in [-0.25, -0.2) is 0 Å². The molecular weight excluding hydrogens is 266 g/mol. The van der Waals surface area contributed by atoms with Crippen molar-refractivity contribution in [2.75, 3.05) is 5.32 Å². The summed E-state index contributed by atoms with van der Waals surface area (Å²) in [6, 6.07) is 20.3. The molecule has 2 aromatic carbocycles. The van der Waals surface area contributed by atoms with Crippen molar-refractivity contribution in [3.05, 3.63) is 97.6 Å². The van der Waals surface area contributed by atoms with Gasteiger partial charge in [-0.05, 0) is 31.2 Å². The quantitative estimate of drug-likeness (QED) is 0.614. The van der Waals surface area contributed by atoms with E-state index in [1.165, 1.54) is 0 Å². The van der Waals surface area contributed by atoms with Gasteiger partial charge < -0.3 is 5.32 Å². The highest BCUT2D eigenvalue weighted by molar-refractivity contribution is 5.58. The van der Waals surface area contributed by atoms with Crippen LogP contribution in [0, 0.1) is 0 Å². The summed E-state index contributed by atoms with van der Waals surface area (Å²) in [5.41, 5.74) is 2.24. The van der Waals surface area contributed by atoms with E-state index >= 15 is 0 Å². The van der Waals surface area contributed by atoms with Crippen LogP contribution in [0.15, 0.2) is 97.6 Å². The minimum absolute atomic E-state index is 1.12. The van der Waals surface area contributed by atoms with Crippen molar-refractivity contribution in [2.24, 2.45) is 0 Å². The molecule has 22 heavy (non-hydrogen) atoms. The fourth-order valence-corrected chi connectivity index (χ4v) is 1.46. The Hall–Kier alpha value is -2.54. The molecule has 0 heterocycles. The first-order valence-corrected chi connectivity index (χ1v) is 7.64. The lowest BCUT2D eigenvalue weighted by Crippen LogP contribution is -1.87. The lowest BCUT2D eigenvalue weighted by atomic mass is 10.3. The van der Waals surface area contributed by atoms with Gasteiger partial charge >= 0.3 is 0 Å². The maximum absolute atomic E-state index is 3.51. The Labute approximate surface area is 135 Å². The van der Waals surface area contributed by atoms with Crippen LogP contribution in [-0.4, -0.2) is 0 Å². The highest BCUT2D eigenvalue weighted by Crippen LogP contribution is 2.14. The van der Waals surface area contributed by atoms with Crippen LogP contribution in [0.1, 0.15) is 20.8 Å². The van der Waals surface area contributed by atoms with Crippen LogP contribution in [0.5, 0.6) is 0 Å². The molecule has 0 atom stereocenters. The van der Waals surface area contributed by atoms with Crippen molar-refractivity contribution in [1.82, 2.24) is 0 Å². The first kappa shape index (κ1) is 19.5. The second-order valence-electron chi connectivity index (χ2n) is 4.00. The SMILES string of the molecule is C=C/C=C\C=C/C.CC.c1ccc(Nc2ccccc2)cc1. The molecular formula is C21H27N. The van der Waals surface area contributed by atoms with Crippen LogP contribution in [0.25, 0.3) is 0 Å². The van der Waals surface area contributed by atoms with E-state index < -0.39 is 0 Å². The Kier molecular flexibility index (Phi) is 13.1. The van der Waals surface area contributed by atoms with Crippen LogP contribution in [0.3, 0.4) is 0 Å². The minimum Gasteiger partial charge on any atom is -0.356 e. The predicted molar refractivity (Wildman–Crippen MR) is 102 cm³/mol. The summed E-state index contributed by atoms with van der Waals surface area (Å²) in [6.07, 6.45) is 9.51. The van der Waals surface area contributed by atoms with Gasteiger partial charge in [0.15, 0.2) is 0 Å². The number of hydrogen-bond donors (Lipinski definition) is 1. The van der Waals surface area contributed by atoms with Gasteiger partial charge in [0.1, 0.15) is 0 Å². The number of benzene rings is 2. The van der Waals surface area contributed by atoms with Crippen molar-refractivity contribution in [3.8, 4) is 0 Å². The van der Waals surface area contributed by atoms with Gasteiger partial charge in [-0.15, -0.1) is 0 Å². The molecule has 0 aliphatic heterocycles. The molecule has 2 aromatic rings. The summed E-state index contributed by atoms with van der Waals surface area (Å²) in [7, 11) is 0. The average Bonchev–Trinajstić information content (AvgIpc) is 2.60. The standard InChI is InChI=1S/C12H11N.C7H10.C2H6/c1-3-7-11(8-4-1)13-12-9-5-2-6-10-12;1-3-5-7-6-4-2;1-2/h1-10,13H;3-7H,1H2,2H3;1-2H3/b;6-4-,7-5-;. The monoisotopic (exact) mass is 293 g/mol. The van der Waals surface area contributed by atoms with E-state index in [1.807, 2.05) is 106 Å². The summed E-state index contributed by atoms with van der Waals surface area (Å²) in [6.45, 7) is 9.49. The zero-order valence-corrected chi connectivity index (χ0v) is 13.9. The largest absolute Gasteiger partial charge is 0.356 e. The minimum atomic E-state index is 1.12. The number of anilines is 2. The lowest BCUT2D eigenvalue weighted by Gasteiger charge is -2.04. The second kappa shape index (κ2) is 14.9. The van der Waals surface area contributed by atoms with Gasteiger partial charge in [0, 0.05) is 11.4 Å². The van der Waals surface area contributed by atoms with Gasteiger partial charge in [-0.2, -0.15) is 0 Å². The third-order valence-electron chi connectivity index (χ3n) is 2.39. The van der Waals surface area contributed by atoms with Gasteiger partial charge in [-0.1, -0.05) is 87.2 Å². The van der Waals surface area contributed by atoms with Gasteiger partial charge in [-0.3, -0.25) is 0 Å². The summed E-state index contributed by atoms with van der Waals surface area (Å²) < 4.78 is 0. The van der Waals surface area contributed by atoms with E-state index in [0.717, 1.165) is 11.4 Å². The van der Waals surface area contributed by atoms with Crippen LogP contribution >= 0.6 is 0 Å². The van der Waals surface area contributed by atoms with Gasteiger partial charge in [0.05, 0.1) is 0 Å². The number of para-hydroxylation sites is 2.